The number of carbonyl (C=O) groups is 1. The molecule has 0 aliphatic heterocycles. The second-order valence-corrected chi connectivity index (χ2v) is 8.09. The number of hydrogen-bond donors (Lipinski definition) is 1. The predicted molar refractivity (Wildman–Crippen MR) is 116 cm³/mol. The summed E-state index contributed by atoms with van der Waals surface area (Å²) in [6, 6.07) is 16.9. The van der Waals surface area contributed by atoms with Gasteiger partial charge in [0.1, 0.15) is 0 Å². The van der Waals surface area contributed by atoms with Crippen LogP contribution in [0.2, 0.25) is 0 Å². The van der Waals surface area contributed by atoms with Gasteiger partial charge in [0.05, 0.1) is 11.4 Å². The van der Waals surface area contributed by atoms with Crippen LogP contribution < -0.4 is 5.32 Å². The Morgan fingerprint density at radius 3 is 2.71 bits per heavy atom. The van der Waals surface area contributed by atoms with Crippen LogP contribution >= 0.6 is 11.8 Å². The van der Waals surface area contributed by atoms with Crippen molar-refractivity contribution in [1.29, 1.82) is 0 Å². The molecule has 1 atom stereocenters. The molecular formula is C23H27N3OS. The van der Waals surface area contributed by atoms with E-state index in [2.05, 4.69) is 61.4 Å². The highest BCUT2D eigenvalue weighted by molar-refractivity contribution is 7.99. The number of rotatable bonds is 8. The van der Waals surface area contributed by atoms with E-state index in [1.165, 1.54) is 28.5 Å². The van der Waals surface area contributed by atoms with Crippen LogP contribution in [0.3, 0.4) is 0 Å². The Kier molecular flexibility index (Phi) is 6.93. The Balaban J connectivity index is 1.52. The quantitative estimate of drug-likeness (QED) is 0.563. The van der Waals surface area contributed by atoms with E-state index in [1.54, 1.807) is 6.20 Å². The Bertz CT molecular complexity index is 921. The van der Waals surface area contributed by atoms with Crippen LogP contribution in [0.15, 0.2) is 66.1 Å². The highest BCUT2D eigenvalue weighted by atomic mass is 32.2. The Morgan fingerprint density at radius 2 is 1.96 bits per heavy atom. The number of hydrogen-bond acceptors (Lipinski definition) is 3. The van der Waals surface area contributed by atoms with Crippen molar-refractivity contribution in [3.63, 3.8) is 0 Å². The molecule has 0 aliphatic rings. The van der Waals surface area contributed by atoms with Crippen molar-refractivity contribution in [3.8, 4) is 5.69 Å². The van der Waals surface area contributed by atoms with E-state index in [4.69, 9.17) is 0 Å². The summed E-state index contributed by atoms with van der Waals surface area (Å²) < 4.78 is 2.05. The van der Waals surface area contributed by atoms with Gasteiger partial charge in [-0.05, 0) is 50.8 Å². The molecule has 0 spiro atoms. The first-order valence-electron chi connectivity index (χ1n) is 9.60. The minimum atomic E-state index is 0.0424. The van der Waals surface area contributed by atoms with Gasteiger partial charge in [-0.25, -0.2) is 4.98 Å². The molecule has 2 aromatic carbocycles. The maximum atomic E-state index is 12.4. The Labute approximate surface area is 171 Å². The first-order valence-corrected chi connectivity index (χ1v) is 10.6. The van der Waals surface area contributed by atoms with Crippen molar-refractivity contribution >= 4 is 17.7 Å². The van der Waals surface area contributed by atoms with E-state index in [-0.39, 0.29) is 11.9 Å². The Morgan fingerprint density at radius 1 is 1.18 bits per heavy atom. The number of imidazole rings is 1. The SMILES string of the molecule is Cc1ccc(-n2ccnc2SCC(=O)NC(C)CCc2ccccc2)c(C)c1. The van der Waals surface area contributed by atoms with Crippen molar-refractivity contribution in [1.82, 2.24) is 14.9 Å². The number of benzene rings is 2. The van der Waals surface area contributed by atoms with E-state index in [0.29, 0.717) is 5.75 Å². The molecule has 0 bridgehead atoms. The number of aromatic nitrogens is 2. The van der Waals surface area contributed by atoms with Gasteiger partial charge < -0.3 is 5.32 Å². The summed E-state index contributed by atoms with van der Waals surface area (Å²) in [6.07, 6.45) is 5.62. The molecule has 1 N–H and O–H groups in total. The van der Waals surface area contributed by atoms with E-state index >= 15 is 0 Å². The largest absolute Gasteiger partial charge is 0.353 e. The van der Waals surface area contributed by atoms with Gasteiger partial charge in [-0.2, -0.15) is 0 Å². The van der Waals surface area contributed by atoms with Gasteiger partial charge in [0, 0.05) is 18.4 Å². The lowest BCUT2D eigenvalue weighted by atomic mass is 10.1. The number of nitrogens with zero attached hydrogens (tertiary/aromatic N) is 2. The zero-order valence-corrected chi connectivity index (χ0v) is 17.5. The average Bonchev–Trinajstić information content (AvgIpc) is 3.14. The van der Waals surface area contributed by atoms with Crippen molar-refractivity contribution in [3.05, 3.63) is 77.6 Å². The molecule has 146 valence electrons. The molecule has 0 aliphatic carbocycles. The van der Waals surface area contributed by atoms with Gasteiger partial charge >= 0.3 is 0 Å². The molecular weight excluding hydrogens is 366 g/mol. The molecule has 0 saturated carbocycles. The predicted octanol–water partition coefficient (Wildman–Crippen LogP) is 4.72. The van der Waals surface area contributed by atoms with Gasteiger partial charge in [-0.3, -0.25) is 9.36 Å². The molecule has 5 heteroatoms. The third kappa shape index (κ3) is 5.49. The monoisotopic (exact) mass is 393 g/mol. The van der Waals surface area contributed by atoms with Crippen molar-refractivity contribution in [2.24, 2.45) is 0 Å². The summed E-state index contributed by atoms with van der Waals surface area (Å²) in [5.41, 5.74) is 4.83. The summed E-state index contributed by atoms with van der Waals surface area (Å²) in [5.74, 6) is 0.401. The van der Waals surface area contributed by atoms with E-state index in [9.17, 15) is 4.79 Å². The fourth-order valence-corrected chi connectivity index (χ4v) is 3.98. The molecule has 0 saturated heterocycles. The second kappa shape index (κ2) is 9.60. The lowest BCUT2D eigenvalue weighted by molar-refractivity contribution is -0.119. The molecule has 28 heavy (non-hydrogen) atoms. The maximum absolute atomic E-state index is 12.4. The fraction of sp³-hybridized carbons (Fsp3) is 0.304. The van der Waals surface area contributed by atoms with Gasteiger partial charge in [0.2, 0.25) is 5.91 Å². The van der Waals surface area contributed by atoms with Gasteiger partial charge in [0.15, 0.2) is 5.16 Å². The third-order valence-corrected chi connectivity index (χ3v) is 5.63. The fourth-order valence-electron chi connectivity index (χ4n) is 3.20. The van der Waals surface area contributed by atoms with Crippen molar-refractivity contribution in [2.45, 2.75) is 44.8 Å². The van der Waals surface area contributed by atoms with Gasteiger partial charge in [0.25, 0.3) is 0 Å². The molecule has 1 unspecified atom stereocenters. The molecule has 0 fully saturated rings. The summed E-state index contributed by atoms with van der Waals surface area (Å²) in [4.78, 5) is 16.8. The first kappa shape index (κ1) is 20.2. The van der Waals surface area contributed by atoms with E-state index in [0.717, 1.165) is 23.7 Å². The minimum absolute atomic E-state index is 0.0424. The molecule has 3 aromatic rings. The number of thioether (sulfide) groups is 1. The topological polar surface area (TPSA) is 46.9 Å². The smallest absolute Gasteiger partial charge is 0.230 e. The summed E-state index contributed by atoms with van der Waals surface area (Å²) >= 11 is 1.47. The van der Waals surface area contributed by atoms with Crippen LogP contribution in [-0.2, 0) is 11.2 Å². The second-order valence-electron chi connectivity index (χ2n) is 7.15. The van der Waals surface area contributed by atoms with Crippen LogP contribution in [0.5, 0.6) is 0 Å². The zero-order valence-electron chi connectivity index (χ0n) is 16.7. The lowest BCUT2D eigenvalue weighted by Gasteiger charge is -2.14. The summed E-state index contributed by atoms with van der Waals surface area (Å²) in [5, 5.41) is 3.93. The minimum Gasteiger partial charge on any atom is -0.353 e. The van der Waals surface area contributed by atoms with E-state index < -0.39 is 0 Å². The van der Waals surface area contributed by atoms with Crippen molar-refractivity contribution in [2.75, 3.05) is 5.75 Å². The van der Waals surface area contributed by atoms with Crippen LogP contribution in [-0.4, -0.2) is 27.3 Å². The molecule has 1 aromatic heterocycles. The highest BCUT2D eigenvalue weighted by Gasteiger charge is 2.12. The number of amides is 1. The standard InChI is InChI=1S/C23H27N3OS/c1-17-9-12-21(18(2)15-17)26-14-13-24-23(26)28-16-22(27)25-19(3)10-11-20-7-5-4-6-8-20/h4-9,12-15,19H,10-11,16H2,1-3H3,(H,25,27). The van der Waals surface area contributed by atoms with Gasteiger partial charge in [-0.15, -0.1) is 0 Å². The number of nitrogens with one attached hydrogen (secondary N) is 1. The molecule has 1 heterocycles. The van der Waals surface area contributed by atoms with E-state index in [1.807, 2.05) is 29.0 Å². The summed E-state index contributed by atoms with van der Waals surface area (Å²) in [7, 11) is 0. The number of carbonyl (C=O) groups excluding carboxylic acids is 1. The number of aryl methyl sites for hydroxylation is 3. The molecule has 0 radical (unpaired) electrons. The van der Waals surface area contributed by atoms with Crippen LogP contribution in [0.1, 0.15) is 30.0 Å². The first-order chi connectivity index (χ1) is 13.5. The van der Waals surface area contributed by atoms with Gasteiger partial charge in [-0.1, -0.05) is 59.8 Å². The van der Waals surface area contributed by atoms with Crippen LogP contribution in [0, 0.1) is 13.8 Å². The Hall–Kier alpha value is -2.53. The average molecular weight is 394 g/mol. The highest BCUT2D eigenvalue weighted by Crippen LogP contribution is 2.23. The molecule has 1 amide bonds. The normalized spacial score (nSPS) is 12.0. The van der Waals surface area contributed by atoms with Crippen LogP contribution in [0.4, 0.5) is 0 Å². The summed E-state index contributed by atoms with van der Waals surface area (Å²) in [6.45, 7) is 6.24. The molecule has 4 nitrogen and oxygen atoms in total. The lowest BCUT2D eigenvalue weighted by Crippen LogP contribution is -2.34. The third-order valence-electron chi connectivity index (χ3n) is 4.67. The molecule has 3 rings (SSSR count). The van der Waals surface area contributed by atoms with Crippen LogP contribution in [0.25, 0.3) is 5.69 Å². The maximum Gasteiger partial charge on any atom is 0.230 e. The van der Waals surface area contributed by atoms with Crippen molar-refractivity contribution < 1.29 is 4.79 Å². The zero-order chi connectivity index (χ0) is 19.9.